The molecule has 30 heavy (non-hydrogen) atoms. The first-order valence-electron chi connectivity index (χ1n) is 8.20. The molecule has 1 saturated heterocycles. The lowest BCUT2D eigenvalue weighted by atomic mass is 10.2. The molecule has 1 atom stereocenters. The van der Waals surface area contributed by atoms with Gasteiger partial charge in [0.25, 0.3) is 0 Å². The van der Waals surface area contributed by atoms with E-state index in [4.69, 9.17) is 9.84 Å². The van der Waals surface area contributed by atoms with Crippen LogP contribution in [0.3, 0.4) is 0 Å². The molecule has 1 aromatic heterocycles. The zero-order valence-electron chi connectivity index (χ0n) is 14.8. The smallest absolute Gasteiger partial charge is 0.433 e. The molecule has 1 aliphatic rings. The van der Waals surface area contributed by atoms with E-state index in [1.807, 2.05) is 0 Å². The topological polar surface area (TPSA) is 126 Å². The van der Waals surface area contributed by atoms with Gasteiger partial charge >= 0.3 is 18.2 Å². The van der Waals surface area contributed by atoms with Crippen molar-refractivity contribution >= 4 is 35.0 Å². The summed E-state index contributed by atoms with van der Waals surface area (Å²) in [5.74, 6) is -1.47. The number of carboxylic acid groups (broad SMARTS) is 1. The van der Waals surface area contributed by atoms with E-state index < -0.39 is 35.0 Å². The highest BCUT2D eigenvalue weighted by atomic mass is 32.2. The Morgan fingerprint density at radius 2 is 2.10 bits per heavy atom. The Hall–Kier alpha value is -3.48. The quantitative estimate of drug-likeness (QED) is 0.523. The number of amides is 1. The predicted molar refractivity (Wildman–Crippen MR) is 100 cm³/mol. The van der Waals surface area contributed by atoms with Gasteiger partial charge in [-0.1, -0.05) is 23.9 Å². The van der Waals surface area contributed by atoms with Crippen molar-refractivity contribution in [3.8, 4) is 11.8 Å². The number of aromatic nitrogens is 2. The number of rotatable bonds is 6. The van der Waals surface area contributed by atoms with Gasteiger partial charge < -0.3 is 15.2 Å². The van der Waals surface area contributed by atoms with E-state index in [1.165, 1.54) is 12.3 Å². The maximum Gasteiger partial charge on any atom is 0.433 e. The number of ether oxygens (including phenoxy) is 1. The van der Waals surface area contributed by atoms with E-state index in [9.17, 15) is 22.8 Å². The molecule has 1 amide bonds. The van der Waals surface area contributed by atoms with Gasteiger partial charge in [0.1, 0.15) is 11.0 Å². The second-order valence-corrected chi connectivity index (χ2v) is 6.90. The summed E-state index contributed by atoms with van der Waals surface area (Å²) in [4.78, 5) is 29.4. The fourth-order valence-corrected chi connectivity index (χ4v) is 3.13. The summed E-state index contributed by atoms with van der Waals surface area (Å²) in [5.41, 5.74) is -0.783. The molecule has 1 unspecified atom stereocenters. The molecule has 0 bridgehead atoms. The van der Waals surface area contributed by atoms with E-state index in [0.717, 1.165) is 24.0 Å². The average Bonchev–Trinajstić information content (AvgIpc) is 3.01. The fourth-order valence-electron chi connectivity index (χ4n) is 2.21. The molecule has 9 nitrogen and oxygen atoms in total. The van der Waals surface area contributed by atoms with Gasteiger partial charge in [0.15, 0.2) is 10.9 Å². The van der Waals surface area contributed by atoms with Crippen LogP contribution in [0, 0.1) is 0 Å². The Morgan fingerprint density at radius 3 is 2.83 bits per heavy atom. The molecule has 1 aromatic carbocycles. The summed E-state index contributed by atoms with van der Waals surface area (Å²) in [6, 6.07) is 6.51. The van der Waals surface area contributed by atoms with Crippen LogP contribution < -0.4 is 10.1 Å². The number of thioether (sulfide) groups is 1. The number of carbonyl (C=O) groups is 2. The standard InChI is InChI=1S/C17H12F3N5O4S/c18-17(19,20)12-5-6-21-15(23-12)29-10-4-2-1-3-9(10)8-22-25-16-24-14(28)11(30-16)7-13(26)27/h1-6,8,11H,7H2,(H,26,27)(H,24,25,28). The van der Waals surface area contributed by atoms with Crippen LogP contribution in [0.4, 0.5) is 13.2 Å². The lowest BCUT2D eigenvalue weighted by molar-refractivity contribution is -0.141. The van der Waals surface area contributed by atoms with Crippen molar-refractivity contribution in [3.05, 3.63) is 47.8 Å². The Kier molecular flexibility index (Phi) is 6.30. The third kappa shape index (κ3) is 5.53. The number of amidine groups is 1. The van der Waals surface area contributed by atoms with Crippen molar-refractivity contribution in [3.63, 3.8) is 0 Å². The number of alkyl halides is 3. The molecule has 0 saturated carbocycles. The van der Waals surface area contributed by atoms with Gasteiger partial charge in [-0.15, -0.1) is 5.10 Å². The molecule has 3 rings (SSSR count). The van der Waals surface area contributed by atoms with Crippen molar-refractivity contribution in [2.75, 3.05) is 0 Å². The van der Waals surface area contributed by atoms with Crippen molar-refractivity contribution in [2.45, 2.75) is 17.8 Å². The van der Waals surface area contributed by atoms with Crippen LogP contribution in [0.1, 0.15) is 17.7 Å². The number of para-hydroxylation sites is 1. The Morgan fingerprint density at radius 1 is 1.33 bits per heavy atom. The number of hydrogen-bond acceptors (Lipinski definition) is 8. The summed E-state index contributed by atoms with van der Waals surface area (Å²) >= 11 is 0.930. The molecular weight excluding hydrogens is 427 g/mol. The van der Waals surface area contributed by atoms with Gasteiger partial charge in [0, 0.05) is 11.8 Å². The van der Waals surface area contributed by atoms with Crippen LogP contribution in [0.5, 0.6) is 11.8 Å². The van der Waals surface area contributed by atoms with Crippen molar-refractivity contribution in [1.82, 2.24) is 15.3 Å². The molecule has 13 heteroatoms. The molecule has 2 N–H and O–H groups in total. The van der Waals surface area contributed by atoms with E-state index in [-0.39, 0.29) is 17.3 Å². The Balaban J connectivity index is 1.73. The SMILES string of the molecule is O=C(O)CC1SC(=NN=Cc2ccccc2Oc2nccc(C(F)(F)F)n2)NC1=O. The van der Waals surface area contributed by atoms with Gasteiger partial charge in [-0.25, -0.2) is 4.98 Å². The average molecular weight is 439 g/mol. The van der Waals surface area contributed by atoms with Crippen LogP contribution in [0.25, 0.3) is 0 Å². The number of hydrogen-bond donors (Lipinski definition) is 2. The van der Waals surface area contributed by atoms with Gasteiger partial charge in [-0.05, 0) is 18.2 Å². The summed E-state index contributed by atoms with van der Waals surface area (Å²) in [7, 11) is 0. The summed E-state index contributed by atoms with van der Waals surface area (Å²) < 4.78 is 43.7. The van der Waals surface area contributed by atoms with Crippen LogP contribution in [-0.4, -0.2) is 43.6 Å². The maximum absolute atomic E-state index is 12.8. The molecule has 156 valence electrons. The fraction of sp³-hybridized carbons (Fsp3) is 0.176. The van der Waals surface area contributed by atoms with Crippen LogP contribution in [0.15, 0.2) is 46.7 Å². The number of carbonyl (C=O) groups excluding carboxylic acids is 1. The number of benzene rings is 1. The molecule has 2 heterocycles. The lowest BCUT2D eigenvalue weighted by Gasteiger charge is -2.09. The highest BCUT2D eigenvalue weighted by molar-refractivity contribution is 8.15. The highest BCUT2D eigenvalue weighted by Crippen LogP contribution is 2.29. The normalized spacial score (nSPS) is 18.0. The third-order valence-electron chi connectivity index (χ3n) is 3.53. The van der Waals surface area contributed by atoms with Crippen LogP contribution in [0.2, 0.25) is 0 Å². The van der Waals surface area contributed by atoms with Gasteiger partial charge in [-0.2, -0.15) is 23.3 Å². The number of nitrogens with one attached hydrogen (secondary N) is 1. The molecule has 0 spiro atoms. The van der Waals surface area contributed by atoms with Crippen molar-refractivity contribution in [2.24, 2.45) is 10.2 Å². The maximum atomic E-state index is 12.8. The summed E-state index contributed by atoms with van der Waals surface area (Å²) in [6.45, 7) is 0. The minimum Gasteiger partial charge on any atom is -0.481 e. The summed E-state index contributed by atoms with van der Waals surface area (Å²) in [5, 5.41) is 18.1. The van der Waals surface area contributed by atoms with E-state index in [0.29, 0.717) is 5.56 Å². The Bertz CT molecular complexity index is 1030. The van der Waals surface area contributed by atoms with Gasteiger partial charge in [0.2, 0.25) is 5.91 Å². The highest BCUT2D eigenvalue weighted by Gasteiger charge is 2.33. The van der Waals surface area contributed by atoms with E-state index in [1.54, 1.807) is 18.2 Å². The van der Waals surface area contributed by atoms with Gasteiger partial charge in [0.05, 0.1) is 12.6 Å². The first-order valence-corrected chi connectivity index (χ1v) is 9.08. The minimum atomic E-state index is -4.64. The van der Waals surface area contributed by atoms with Crippen LogP contribution >= 0.6 is 11.8 Å². The number of aliphatic carboxylic acids is 1. The Labute approximate surface area is 171 Å². The molecule has 1 aliphatic heterocycles. The number of halogens is 3. The van der Waals surface area contributed by atoms with Crippen molar-refractivity contribution < 1.29 is 32.6 Å². The molecule has 1 fully saturated rings. The molecule has 0 radical (unpaired) electrons. The predicted octanol–water partition coefficient (Wildman–Crippen LogP) is 2.68. The largest absolute Gasteiger partial charge is 0.481 e. The summed E-state index contributed by atoms with van der Waals surface area (Å²) in [6.07, 6.45) is -2.80. The van der Waals surface area contributed by atoms with E-state index >= 15 is 0 Å². The molecule has 0 aliphatic carbocycles. The lowest BCUT2D eigenvalue weighted by Crippen LogP contribution is -2.26. The number of nitrogens with zero attached hydrogens (tertiary/aromatic N) is 4. The first kappa shape index (κ1) is 21.2. The van der Waals surface area contributed by atoms with Gasteiger partial charge in [-0.3, -0.25) is 9.59 Å². The monoisotopic (exact) mass is 439 g/mol. The second-order valence-electron chi connectivity index (χ2n) is 5.71. The zero-order chi connectivity index (χ0) is 21.7. The van der Waals surface area contributed by atoms with E-state index in [2.05, 4.69) is 25.5 Å². The zero-order valence-corrected chi connectivity index (χ0v) is 15.6. The third-order valence-corrected chi connectivity index (χ3v) is 4.60. The first-order chi connectivity index (χ1) is 14.2. The second kappa shape index (κ2) is 8.90. The molecule has 2 aromatic rings. The minimum absolute atomic E-state index is 0.127. The number of carboxylic acids is 1. The molecular formula is C17H12F3N5O4S. The van der Waals surface area contributed by atoms with Crippen LogP contribution in [-0.2, 0) is 15.8 Å². The van der Waals surface area contributed by atoms with Crippen molar-refractivity contribution in [1.29, 1.82) is 0 Å².